The normalized spacial score (nSPS) is 17.4. The van der Waals surface area contributed by atoms with Crippen molar-refractivity contribution in [3.05, 3.63) is 47.4 Å². The quantitative estimate of drug-likeness (QED) is 0.395. The monoisotopic (exact) mass is 486 g/mol. The van der Waals surface area contributed by atoms with Crippen LogP contribution in [-0.4, -0.2) is 66.9 Å². The Balaban J connectivity index is 1.33. The van der Waals surface area contributed by atoms with E-state index in [1.807, 2.05) is 25.1 Å². The van der Waals surface area contributed by atoms with Crippen LogP contribution in [0.3, 0.4) is 0 Å². The number of fused-ring (bicyclic) bond motifs is 3. The van der Waals surface area contributed by atoms with Crippen LogP contribution in [0.25, 0.3) is 22.0 Å². The molecule has 4 aromatic rings. The fourth-order valence-corrected chi connectivity index (χ4v) is 4.74. The number of rotatable bonds is 3. The van der Waals surface area contributed by atoms with Crippen LogP contribution in [0, 0.1) is 6.92 Å². The third-order valence-corrected chi connectivity index (χ3v) is 6.83. The number of nitrogen functional groups attached to an aromatic ring is 1. The van der Waals surface area contributed by atoms with E-state index in [9.17, 15) is 9.90 Å². The summed E-state index contributed by atoms with van der Waals surface area (Å²) in [5.74, 6) is 2.19. The molecule has 184 valence electrons. The number of amides is 1. The minimum Gasteiger partial charge on any atom is -0.475 e. The van der Waals surface area contributed by atoms with Gasteiger partial charge in [0.25, 0.3) is 0 Å². The molecule has 4 N–H and O–H groups in total. The lowest BCUT2D eigenvalue weighted by atomic mass is 9.96. The van der Waals surface area contributed by atoms with E-state index in [2.05, 4.69) is 25.4 Å². The Morgan fingerprint density at radius 2 is 2.06 bits per heavy atom. The molecule has 0 radical (unpaired) electrons. The van der Waals surface area contributed by atoms with Gasteiger partial charge in [-0.05, 0) is 30.0 Å². The molecule has 0 spiro atoms. The highest BCUT2D eigenvalue weighted by atomic mass is 16.5. The summed E-state index contributed by atoms with van der Waals surface area (Å²) in [7, 11) is 1.81. The van der Waals surface area contributed by atoms with Gasteiger partial charge < -0.3 is 25.8 Å². The zero-order valence-corrected chi connectivity index (χ0v) is 20.0. The molecular weight excluding hydrogens is 460 g/mol. The van der Waals surface area contributed by atoms with Gasteiger partial charge in [-0.2, -0.15) is 5.10 Å². The SMILES string of the molecule is Cc1c(-c2cc3cc(Nc4cc5n(n4)CC(=O)N(C)CC5)ncc3c(N)n2)cnc2c1C[C@@H](O)CO2. The summed E-state index contributed by atoms with van der Waals surface area (Å²) in [5.41, 5.74) is 10.7. The summed E-state index contributed by atoms with van der Waals surface area (Å²) in [5, 5.41) is 19.4. The molecule has 0 unspecified atom stereocenters. The minimum absolute atomic E-state index is 0.0377. The van der Waals surface area contributed by atoms with E-state index in [4.69, 9.17) is 10.5 Å². The number of carbonyl (C=O) groups excluding carboxylic acids is 1. The second-order valence-corrected chi connectivity index (χ2v) is 9.30. The average molecular weight is 487 g/mol. The number of hydrogen-bond donors (Lipinski definition) is 3. The van der Waals surface area contributed by atoms with Gasteiger partial charge in [0.15, 0.2) is 5.82 Å². The van der Waals surface area contributed by atoms with Gasteiger partial charge in [0, 0.05) is 67.1 Å². The Kier molecular flexibility index (Phi) is 5.22. The van der Waals surface area contributed by atoms with Crippen molar-refractivity contribution in [2.24, 2.45) is 0 Å². The number of anilines is 3. The molecule has 0 aromatic carbocycles. The smallest absolute Gasteiger partial charge is 0.244 e. The molecule has 0 saturated heterocycles. The fourth-order valence-electron chi connectivity index (χ4n) is 4.74. The number of aromatic nitrogens is 5. The number of aliphatic hydroxyl groups excluding tert-OH is 1. The van der Waals surface area contributed by atoms with Gasteiger partial charge in [-0.3, -0.25) is 9.48 Å². The standard InChI is InChI=1S/C25H26N8O3/c1-13-17-8-16(34)12-36-25(17)28-9-18(13)20-5-14-6-21(27-10-19(14)24(26)29-20)30-22-7-15-3-4-32(2)23(35)11-33(15)31-22/h5-7,9-10,16,34H,3-4,8,11-12H2,1-2H3,(H2,26,29)(H,27,30,31)/t16-/m1/s1. The van der Waals surface area contributed by atoms with Crippen LogP contribution < -0.4 is 15.8 Å². The maximum atomic E-state index is 12.2. The first-order chi connectivity index (χ1) is 17.4. The van der Waals surface area contributed by atoms with Crippen molar-refractivity contribution in [1.82, 2.24) is 29.6 Å². The second-order valence-electron chi connectivity index (χ2n) is 9.30. The predicted octanol–water partition coefficient (Wildman–Crippen LogP) is 1.83. The summed E-state index contributed by atoms with van der Waals surface area (Å²) in [6, 6.07) is 5.80. The van der Waals surface area contributed by atoms with Crippen LogP contribution in [0.2, 0.25) is 0 Å². The number of carbonyl (C=O) groups is 1. The number of hydrogen-bond acceptors (Lipinski definition) is 9. The summed E-state index contributed by atoms with van der Waals surface area (Å²) in [6.07, 6.45) is 4.09. The zero-order valence-electron chi connectivity index (χ0n) is 20.0. The predicted molar refractivity (Wildman–Crippen MR) is 134 cm³/mol. The summed E-state index contributed by atoms with van der Waals surface area (Å²) in [6.45, 7) is 3.11. The second kappa shape index (κ2) is 8.45. The van der Waals surface area contributed by atoms with Gasteiger partial charge in [0.05, 0.1) is 11.8 Å². The maximum absolute atomic E-state index is 12.2. The Morgan fingerprint density at radius 1 is 1.19 bits per heavy atom. The van der Waals surface area contributed by atoms with E-state index in [0.717, 1.165) is 39.6 Å². The number of ether oxygens (including phenoxy) is 1. The van der Waals surface area contributed by atoms with Crippen molar-refractivity contribution in [2.75, 3.05) is 31.2 Å². The minimum atomic E-state index is -0.556. The third-order valence-electron chi connectivity index (χ3n) is 6.83. The lowest BCUT2D eigenvalue weighted by Gasteiger charge is -2.23. The zero-order chi connectivity index (χ0) is 25.0. The molecule has 4 aromatic heterocycles. The van der Waals surface area contributed by atoms with Crippen LogP contribution in [0.5, 0.6) is 5.88 Å². The summed E-state index contributed by atoms with van der Waals surface area (Å²) >= 11 is 0. The van der Waals surface area contributed by atoms with Crippen molar-refractivity contribution in [3.8, 4) is 17.1 Å². The van der Waals surface area contributed by atoms with E-state index in [0.29, 0.717) is 42.0 Å². The van der Waals surface area contributed by atoms with E-state index in [1.165, 1.54) is 0 Å². The average Bonchev–Trinajstić information content (AvgIpc) is 3.17. The molecule has 2 aliphatic heterocycles. The molecule has 36 heavy (non-hydrogen) atoms. The molecule has 11 nitrogen and oxygen atoms in total. The first-order valence-corrected chi connectivity index (χ1v) is 11.8. The third kappa shape index (κ3) is 3.87. The molecule has 11 heteroatoms. The van der Waals surface area contributed by atoms with Gasteiger partial charge >= 0.3 is 0 Å². The van der Waals surface area contributed by atoms with Gasteiger partial charge in [-0.15, -0.1) is 0 Å². The van der Waals surface area contributed by atoms with Crippen molar-refractivity contribution in [1.29, 1.82) is 0 Å². The topological polar surface area (TPSA) is 144 Å². The largest absolute Gasteiger partial charge is 0.475 e. The molecule has 6 heterocycles. The number of nitrogens with one attached hydrogen (secondary N) is 1. The number of nitrogens with zero attached hydrogens (tertiary/aromatic N) is 6. The highest BCUT2D eigenvalue weighted by molar-refractivity contribution is 5.95. The van der Waals surface area contributed by atoms with E-state index in [1.54, 1.807) is 29.0 Å². The van der Waals surface area contributed by atoms with E-state index in [-0.39, 0.29) is 19.1 Å². The molecule has 1 atom stereocenters. The Bertz CT molecular complexity index is 1520. The maximum Gasteiger partial charge on any atom is 0.244 e. The van der Waals surface area contributed by atoms with Crippen LogP contribution in [0.1, 0.15) is 16.8 Å². The lowest BCUT2D eigenvalue weighted by Crippen LogP contribution is -2.29. The lowest BCUT2D eigenvalue weighted by molar-refractivity contribution is -0.130. The molecule has 0 aliphatic carbocycles. The first kappa shape index (κ1) is 22.2. The van der Waals surface area contributed by atoms with Crippen molar-refractivity contribution in [2.45, 2.75) is 32.4 Å². The van der Waals surface area contributed by atoms with Crippen molar-refractivity contribution < 1.29 is 14.6 Å². The molecule has 0 saturated carbocycles. The highest BCUT2D eigenvalue weighted by Gasteiger charge is 2.23. The van der Waals surface area contributed by atoms with Gasteiger partial charge in [-0.25, -0.2) is 15.0 Å². The molecule has 2 aliphatic rings. The van der Waals surface area contributed by atoms with Crippen LogP contribution >= 0.6 is 0 Å². The highest BCUT2D eigenvalue weighted by Crippen LogP contribution is 2.34. The van der Waals surface area contributed by atoms with Crippen LogP contribution in [-0.2, 0) is 24.2 Å². The molecule has 0 fully saturated rings. The van der Waals surface area contributed by atoms with Crippen LogP contribution in [0.15, 0.2) is 30.6 Å². The van der Waals surface area contributed by atoms with Gasteiger partial charge in [-0.1, -0.05) is 0 Å². The first-order valence-electron chi connectivity index (χ1n) is 11.8. The molecular formula is C25H26N8O3. The molecule has 6 rings (SSSR count). The Hall–Kier alpha value is -4.25. The number of aliphatic hydroxyl groups is 1. The Morgan fingerprint density at radius 3 is 2.92 bits per heavy atom. The fraction of sp³-hybridized carbons (Fsp3) is 0.320. The summed E-state index contributed by atoms with van der Waals surface area (Å²) in [4.78, 5) is 27.4. The van der Waals surface area contributed by atoms with E-state index >= 15 is 0 Å². The van der Waals surface area contributed by atoms with Gasteiger partial charge in [0.2, 0.25) is 11.8 Å². The number of likely N-dealkylation sites (N-methyl/N-ethyl adjacent to an activating group) is 1. The number of nitrogens with two attached hydrogens (primary N) is 1. The molecule has 0 bridgehead atoms. The summed E-state index contributed by atoms with van der Waals surface area (Å²) < 4.78 is 7.31. The van der Waals surface area contributed by atoms with Crippen molar-refractivity contribution in [3.63, 3.8) is 0 Å². The molecule has 1 amide bonds. The Labute approximate surface area is 206 Å². The number of pyridine rings is 3. The van der Waals surface area contributed by atoms with Gasteiger partial charge in [0.1, 0.15) is 24.8 Å². The van der Waals surface area contributed by atoms with E-state index < -0.39 is 6.10 Å². The van der Waals surface area contributed by atoms with Crippen molar-refractivity contribution >= 4 is 34.1 Å². The van der Waals surface area contributed by atoms with Crippen LogP contribution in [0.4, 0.5) is 17.5 Å².